The second-order valence-electron chi connectivity index (χ2n) is 3.22. The standard InChI is InChI=1S/C10H10ClF2N3/c11-9-3-8(2-1-7(9)4-14)16-6-10(12,13)5-15/h1-3,16H,5-6,15H2. The third kappa shape index (κ3) is 3.33. The molecule has 0 aromatic heterocycles. The number of rotatable bonds is 4. The molecular weight excluding hydrogens is 236 g/mol. The van der Waals surface area contributed by atoms with Crippen molar-refractivity contribution in [1.82, 2.24) is 0 Å². The lowest BCUT2D eigenvalue weighted by atomic mass is 10.2. The molecule has 0 heterocycles. The van der Waals surface area contributed by atoms with Gasteiger partial charge in [-0.15, -0.1) is 0 Å². The SMILES string of the molecule is N#Cc1ccc(NCC(F)(F)CN)cc1Cl. The zero-order valence-corrected chi connectivity index (χ0v) is 9.06. The van der Waals surface area contributed by atoms with Crippen LogP contribution in [0.2, 0.25) is 5.02 Å². The number of hydrogen-bond donors (Lipinski definition) is 2. The lowest BCUT2D eigenvalue weighted by Gasteiger charge is -2.15. The number of benzene rings is 1. The molecule has 3 nitrogen and oxygen atoms in total. The Morgan fingerprint density at radius 2 is 2.19 bits per heavy atom. The van der Waals surface area contributed by atoms with Crippen LogP contribution in [-0.2, 0) is 0 Å². The van der Waals surface area contributed by atoms with E-state index < -0.39 is 19.0 Å². The Morgan fingerprint density at radius 3 is 2.69 bits per heavy atom. The zero-order chi connectivity index (χ0) is 12.2. The van der Waals surface area contributed by atoms with Gasteiger partial charge in [-0.1, -0.05) is 11.6 Å². The maximum atomic E-state index is 12.8. The largest absolute Gasteiger partial charge is 0.379 e. The molecule has 1 aromatic rings. The highest BCUT2D eigenvalue weighted by atomic mass is 35.5. The molecule has 0 aliphatic heterocycles. The van der Waals surface area contributed by atoms with Gasteiger partial charge in [-0.3, -0.25) is 0 Å². The molecular formula is C10H10ClF2N3. The van der Waals surface area contributed by atoms with E-state index in [9.17, 15) is 8.78 Å². The molecule has 86 valence electrons. The first-order chi connectivity index (χ1) is 7.48. The topological polar surface area (TPSA) is 61.8 Å². The van der Waals surface area contributed by atoms with E-state index in [0.29, 0.717) is 11.3 Å². The van der Waals surface area contributed by atoms with E-state index in [1.807, 2.05) is 6.07 Å². The van der Waals surface area contributed by atoms with E-state index in [1.54, 1.807) is 0 Å². The monoisotopic (exact) mass is 245 g/mol. The Bertz CT molecular complexity index is 415. The normalized spacial score (nSPS) is 10.9. The van der Waals surface area contributed by atoms with Crippen molar-refractivity contribution in [3.8, 4) is 6.07 Å². The van der Waals surface area contributed by atoms with Crippen molar-refractivity contribution < 1.29 is 8.78 Å². The average Bonchev–Trinajstić information content (AvgIpc) is 2.27. The molecule has 0 saturated carbocycles. The third-order valence-corrected chi connectivity index (χ3v) is 2.25. The Kier molecular flexibility index (Phi) is 4.05. The minimum atomic E-state index is -2.96. The second kappa shape index (κ2) is 5.10. The minimum absolute atomic E-state index is 0.226. The number of nitrogens with one attached hydrogen (secondary N) is 1. The summed E-state index contributed by atoms with van der Waals surface area (Å²) >= 11 is 5.74. The molecule has 1 rings (SSSR count). The highest BCUT2D eigenvalue weighted by molar-refractivity contribution is 6.32. The summed E-state index contributed by atoms with van der Waals surface area (Å²) in [6.07, 6.45) is 0. The first-order valence-corrected chi connectivity index (χ1v) is 4.88. The van der Waals surface area contributed by atoms with Crippen LogP contribution in [0.15, 0.2) is 18.2 Å². The predicted molar refractivity (Wildman–Crippen MR) is 58.7 cm³/mol. The highest BCUT2D eigenvalue weighted by Crippen LogP contribution is 2.21. The van der Waals surface area contributed by atoms with E-state index in [0.717, 1.165) is 0 Å². The lowest BCUT2D eigenvalue weighted by molar-refractivity contribution is 0.0254. The van der Waals surface area contributed by atoms with Crippen LogP contribution in [0.5, 0.6) is 0 Å². The van der Waals surface area contributed by atoms with Gasteiger partial charge in [0.15, 0.2) is 0 Å². The average molecular weight is 246 g/mol. The van der Waals surface area contributed by atoms with Crippen LogP contribution in [0.4, 0.5) is 14.5 Å². The fourth-order valence-corrected chi connectivity index (χ4v) is 1.24. The second-order valence-corrected chi connectivity index (χ2v) is 3.63. The van der Waals surface area contributed by atoms with E-state index in [4.69, 9.17) is 22.6 Å². The number of hydrogen-bond acceptors (Lipinski definition) is 3. The molecule has 16 heavy (non-hydrogen) atoms. The lowest BCUT2D eigenvalue weighted by Crippen LogP contribution is -2.35. The molecule has 1 aromatic carbocycles. The van der Waals surface area contributed by atoms with Crippen LogP contribution in [0, 0.1) is 11.3 Å². The molecule has 0 radical (unpaired) electrons. The smallest absolute Gasteiger partial charge is 0.276 e. The number of nitriles is 1. The van der Waals surface area contributed by atoms with Gasteiger partial charge in [-0.2, -0.15) is 5.26 Å². The van der Waals surface area contributed by atoms with Gasteiger partial charge in [0.1, 0.15) is 6.07 Å². The molecule has 3 N–H and O–H groups in total. The number of halogens is 3. The van der Waals surface area contributed by atoms with E-state index in [2.05, 4.69) is 5.32 Å². The Morgan fingerprint density at radius 1 is 1.50 bits per heavy atom. The molecule has 0 amide bonds. The van der Waals surface area contributed by atoms with Crippen molar-refractivity contribution in [3.63, 3.8) is 0 Å². The van der Waals surface area contributed by atoms with Gasteiger partial charge >= 0.3 is 0 Å². The first kappa shape index (κ1) is 12.7. The summed E-state index contributed by atoms with van der Waals surface area (Å²) in [5.41, 5.74) is 5.62. The molecule has 0 atom stereocenters. The predicted octanol–water partition coefficient (Wildman–Crippen LogP) is 2.22. The Balaban J connectivity index is 2.70. The summed E-state index contributed by atoms with van der Waals surface area (Å²) in [4.78, 5) is 0. The fourth-order valence-electron chi connectivity index (χ4n) is 1.02. The van der Waals surface area contributed by atoms with Gasteiger partial charge in [0.25, 0.3) is 5.92 Å². The number of nitrogens with two attached hydrogens (primary N) is 1. The number of alkyl halides is 2. The van der Waals surface area contributed by atoms with Crippen LogP contribution in [0.3, 0.4) is 0 Å². The van der Waals surface area contributed by atoms with Crippen molar-refractivity contribution in [2.45, 2.75) is 5.92 Å². The maximum Gasteiger partial charge on any atom is 0.276 e. The van der Waals surface area contributed by atoms with Crippen molar-refractivity contribution in [2.75, 3.05) is 18.4 Å². The quantitative estimate of drug-likeness (QED) is 0.855. The van der Waals surface area contributed by atoms with Crippen LogP contribution >= 0.6 is 11.6 Å². The summed E-state index contributed by atoms with van der Waals surface area (Å²) in [5, 5.41) is 11.3. The van der Waals surface area contributed by atoms with Crippen LogP contribution in [0.25, 0.3) is 0 Å². The van der Waals surface area contributed by atoms with Crippen LogP contribution in [0.1, 0.15) is 5.56 Å². The molecule has 0 saturated heterocycles. The summed E-state index contributed by atoms with van der Waals surface area (Å²) in [6, 6.07) is 6.28. The molecule has 0 aliphatic rings. The molecule has 0 spiro atoms. The molecule has 0 aliphatic carbocycles. The van der Waals surface area contributed by atoms with E-state index in [-0.39, 0.29) is 5.02 Å². The van der Waals surface area contributed by atoms with Gasteiger partial charge in [0.05, 0.1) is 23.7 Å². The molecule has 0 bridgehead atoms. The van der Waals surface area contributed by atoms with Gasteiger partial charge in [0.2, 0.25) is 0 Å². The van der Waals surface area contributed by atoms with Crippen molar-refractivity contribution in [1.29, 1.82) is 5.26 Å². The van der Waals surface area contributed by atoms with Crippen LogP contribution in [-0.4, -0.2) is 19.0 Å². The first-order valence-electron chi connectivity index (χ1n) is 4.50. The maximum absolute atomic E-state index is 12.8. The highest BCUT2D eigenvalue weighted by Gasteiger charge is 2.26. The summed E-state index contributed by atoms with van der Waals surface area (Å²) in [7, 11) is 0. The molecule has 0 fully saturated rings. The summed E-state index contributed by atoms with van der Waals surface area (Å²) in [5.74, 6) is -2.96. The van der Waals surface area contributed by atoms with E-state index in [1.165, 1.54) is 18.2 Å². The van der Waals surface area contributed by atoms with Crippen molar-refractivity contribution >= 4 is 17.3 Å². The minimum Gasteiger partial charge on any atom is -0.379 e. The molecule has 0 unspecified atom stereocenters. The summed E-state index contributed by atoms with van der Waals surface area (Å²) < 4.78 is 25.6. The Labute approximate surface area is 96.8 Å². The fraction of sp³-hybridized carbons (Fsp3) is 0.300. The summed E-state index contributed by atoms with van der Waals surface area (Å²) in [6.45, 7) is -1.28. The third-order valence-electron chi connectivity index (χ3n) is 1.94. The van der Waals surface area contributed by atoms with Gasteiger partial charge < -0.3 is 11.1 Å². The zero-order valence-electron chi connectivity index (χ0n) is 8.30. The van der Waals surface area contributed by atoms with Crippen molar-refractivity contribution in [2.24, 2.45) is 5.73 Å². The van der Waals surface area contributed by atoms with Gasteiger partial charge in [-0.25, -0.2) is 8.78 Å². The van der Waals surface area contributed by atoms with E-state index >= 15 is 0 Å². The Hall–Kier alpha value is -1.38. The van der Waals surface area contributed by atoms with Gasteiger partial charge in [-0.05, 0) is 18.2 Å². The van der Waals surface area contributed by atoms with Gasteiger partial charge in [0, 0.05) is 5.69 Å². The van der Waals surface area contributed by atoms with Crippen LogP contribution < -0.4 is 11.1 Å². The van der Waals surface area contributed by atoms with Crippen molar-refractivity contribution in [3.05, 3.63) is 28.8 Å². The number of anilines is 1. The molecule has 6 heteroatoms. The number of nitrogens with zero attached hydrogens (tertiary/aromatic N) is 1.